The Bertz CT molecular complexity index is 685. The number of carbonyl (C=O) groups is 2. The summed E-state index contributed by atoms with van der Waals surface area (Å²) in [6, 6.07) is 0.753. The monoisotopic (exact) mass is 320 g/mol. The number of hydrogen-bond acceptors (Lipinski definition) is 6. The van der Waals surface area contributed by atoms with E-state index in [1.54, 1.807) is 39.2 Å². The van der Waals surface area contributed by atoms with Crippen LogP contribution in [0.5, 0.6) is 0 Å². The van der Waals surface area contributed by atoms with E-state index in [0.717, 1.165) is 11.3 Å². The molecular formula is C14H16N4O3S. The van der Waals surface area contributed by atoms with Gasteiger partial charge in [0.05, 0.1) is 5.69 Å². The van der Waals surface area contributed by atoms with Crippen LogP contribution in [0.4, 0.5) is 0 Å². The molecule has 0 unspecified atom stereocenters. The fourth-order valence-electron chi connectivity index (χ4n) is 1.83. The van der Waals surface area contributed by atoms with Crippen LogP contribution >= 0.6 is 11.3 Å². The van der Waals surface area contributed by atoms with E-state index < -0.39 is 17.9 Å². The highest BCUT2D eigenvalue weighted by Crippen LogP contribution is 2.25. The number of carboxylic acids is 1. The standard InChI is InChI=1S/C14H16N4O3S/c1-7(2)9(14(20)21)18-12(19)10-8(3)17-13(22-10)11-15-5-4-6-16-11/h4-7,9H,1-3H3,(H,18,19)(H,20,21)/t9-/m0/s1. The first-order valence-electron chi connectivity index (χ1n) is 6.68. The molecule has 0 aliphatic carbocycles. The molecule has 2 aromatic heterocycles. The van der Waals surface area contributed by atoms with Crippen molar-refractivity contribution in [2.45, 2.75) is 26.8 Å². The summed E-state index contributed by atoms with van der Waals surface area (Å²) in [5.74, 6) is -1.28. The second kappa shape index (κ2) is 6.61. The third-order valence-corrected chi connectivity index (χ3v) is 4.13. The van der Waals surface area contributed by atoms with Gasteiger partial charge in [-0.3, -0.25) is 4.79 Å². The number of nitrogens with zero attached hydrogens (tertiary/aromatic N) is 3. The van der Waals surface area contributed by atoms with Gasteiger partial charge in [0.25, 0.3) is 5.91 Å². The van der Waals surface area contributed by atoms with Gasteiger partial charge in [0.15, 0.2) is 10.8 Å². The number of carbonyl (C=O) groups excluding carboxylic acids is 1. The Morgan fingerprint density at radius 2 is 1.91 bits per heavy atom. The molecule has 0 aromatic carbocycles. The molecule has 0 radical (unpaired) electrons. The average Bonchev–Trinajstić information content (AvgIpc) is 2.87. The molecule has 0 spiro atoms. The number of aryl methyl sites for hydroxylation is 1. The molecule has 2 aromatic rings. The second-order valence-corrected chi connectivity index (χ2v) is 6.04. The number of aromatic nitrogens is 3. The molecular weight excluding hydrogens is 304 g/mol. The van der Waals surface area contributed by atoms with Crippen LogP contribution in [0.1, 0.15) is 29.2 Å². The molecule has 1 amide bonds. The Hall–Kier alpha value is -2.35. The Kier molecular flexibility index (Phi) is 4.81. The Morgan fingerprint density at radius 1 is 1.27 bits per heavy atom. The van der Waals surface area contributed by atoms with Gasteiger partial charge in [0.1, 0.15) is 10.9 Å². The lowest BCUT2D eigenvalue weighted by molar-refractivity contribution is -0.140. The first kappa shape index (κ1) is 16.0. The maximum Gasteiger partial charge on any atom is 0.326 e. The molecule has 2 rings (SSSR count). The van der Waals surface area contributed by atoms with Crippen molar-refractivity contribution in [3.63, 3.8) is 0 Å². The fourth-order valence-corrected chi connectivity index (χ4v) is 2.75. The summed E-state index contributed by atoms with van der Waals surface area (Å²) in [4.78, 5) is 36.3. The molecule has 22 heavy (non-hydrogen) atoms. The maximum absolute atomic E-state index is 12.3. The number of thiazole rings is 1. The molecule has 2 heterocycles. The second-order valence-electron chi connectivity index (χ2n) is 5.04. The molecule has 0 aliphatic heterocycles. The fraction of sp³-hybridized carbons (Fsp3) is 0.357. The lowest BCUT2D eigenvalue weighted by Gasteiger charge is -2.17. The van der Waals surface area contributed by atoms with Crippen LogP contribution in [0.15, 0.2) is 18.5 Å². The zero-order chi connectivity index (χ0) is 16.3. The summed E-state index contributed by atoms with van der Waals surface area (Å²) in [6.45, 7) is 5.17. The summed E-state index contributed by atoms with van der Waals surface area (Å²) in [6.07, 6.45) is 3.19. The largest absolute Gasteiger partial charge is 0.480 e. The molecule has 0 saturated heterocycles. The summed E-state index contributed by atoms with van der Waals surface area (Å²) in [7, 11) is 0. The first-order valence-corrected chi connectivity index (χ1v) is 7.50. The zero-order valence-electron chi connectivity index (χ0n) is 12.4. The lowest BCUT2D eigenvalue weighted by Crippen LogP contribution is -2.44. The van der Waals surface area contributed by atoms with Crippen molar-refractivity contribution in [2.24, 2.45) is 5.92 Å². The first-order chi connectivity index (χ1) is 10.4. The number of amides is 1. The summed E-state index contributed by atoms with van der Waals surface area (Å²) < 4.78 is 0. The third-order valence-electron chi connectivity index (χ3n) is 2.98. The number of hydrogen-bond donors (Lipinski definition) is 2. The van der Waals surface area contributed by atoms with Crippen LogP contribution in [-0.4, -0.2) is 38.0 Å². The van der Waals surface area contributed by atoms with Crippen molar-refractivity contribution in [1.82, 2.24) is 20.3 Å². The highest BCUT2D eigenvalue weighted by Gasteiger charge is 2.26. The van der Waals surface area contributed by atoms with Crippen LogP contribution in [-0.2, 0) is 4.79 Å². The average molecular weight is 320 g/mol. The normalized spacial score (nSPS) is 12.2. The van der Waals surface area contributed by atoms with Gasteiger partial charge in [-0.05, 0) is 18.9 Å². The van der Waals surface area contributed by atoms with Crippen molar-refractivity contribution in [1.29, 1.82) is 0 Å². The predicted molar refractivity (Wildman–Crippen MR) is 81.6 cm³/mol. The predicted octanol–water partition coefficient (Wildman–Crippen LogP) is 1.75. The number of rotatable bonds is 5. The van der Waals surface area contributed by atoms with E-state index in [1.165, 1.54) is 0 Å². The number of aliphatic carboxylic acids is 1. The van der Waals surface area contributed by atoms with Crippen LogP contribution in [0.3, 0.4) is 0 Å². The van der Waals surface area contributed by atoms with Gasteiger partial charge >= 0.3 is 5.97 Å². The molecule has 1 atom stereocenters. The van der Waals surface area contributed by atoms with Gasteiger partial charge in [0.2, 0.25) is 0 Å². The van der Waals surface area contributed by atoms with Crippen molar-refractivity contribution < 1.29 is 14.7 Å². The van der Waals surface area contributed by atoms with Gasteiger partial charge < -0.3 is 10.4 Å². The van der Waals surface area contributed by atoms with Crippen LogP contribution in [0.25, 0.3) is 10.8 Å². The highest BCUT2D eigenvalue weighted by molar-refractivity contribution is 7.17. The van der Waals surface area contributed by atoms with Crippen molar-refractivity contribution >= 4 is 23.2 Å². The minimum atomic E-state index is -1.06. The molecule has 7 nitrogen and oxygen atoms in total. The summed E-state index contributed by atoms with van der Waals surface area (Å²) >= 11 is 1.15. The molecule has 0 fully saturated rings. The topological polar surface area (TPSA) is 105 Å². The maximum atomic E-state index is 12.3. The van der Waals surface area contributed by atoms with Crippen molar-refractivity contribution in [2.75, 3.05) is 0 Å². The highest BCUT2D eigenvalue weighted by atomic mass is 32.1. The third kappa shape index (κ3) is 3.45. The van der Waals surface area contributed by atoms with Gasteiger partial charge in [-0.15, -0.1) is 11.3 Å². The van der Waals surface area contributed by atoms with Crippen LogP contribution < -0.4 is 5.32 Å². The summed E-state index contributed by atoms with van der Waals surface area (Å²) in [5.41, 5.74) is 0.526. The van der Waals surface area contributed by atoms with E-state index >= 15 is 0 Å². The summed E-state index contributed by atoms with van der Waals surface area (Å²) in [5, 5.41) is 12.2. The molecule has 116 valence electrons. The minimum absolute atomic E-state index is 0.216. The van der Waals surface area contributed by atoms with Gasteiger partial charge in [-0.25, -0.2) is 19.7 Å². The smallest absolute Gasteiger partial charge is 0.326 e. The Balaban J connectivity index is 2.24. The Labute approximate surface area is 131 Å². The minimum Gasteiger partial charge on any atom is -0.480 e. The van der Waals surface area contributed by atoms with Gasteiger partial charge in [-0.2, -0.15) is 0 Å². The van der Waals surface area contributed by atoms with E-state index in [9.17, 15) is 9.59 Å². The van der Waals surface area contributed by atoms with Gasteiger partial charge in [0, 0.05) is 12.4 Å². The van der Waals surface area contributed by atoms with E-state index in [2.05, 4.69) is 20.3 Å². The number of nitrogens with one attached hydrogen (secondary N) is 1. The quantitative estimate of drug-likeness (QED) is 0.869. The zero-order valence-corrected chi connectivity index (χ0v) is 13.2. The van der Waals surface area contributed by atoms with Crippen molar-refractivity contribution in [3.8, 4) is 10.8 Å². The van der Waals surface area contributed by atoms with Gasteiger partial charge in [-0.1, -0.05) is 13.8 Å². The molecule has 0 aliphatic rings. The molecule has 2 N–H and O–H groups in total. The number of carboxylic acid groups (broad SMARTS) is 1. The Morgan fingerprint density at radius 3 is 2.45 bits per heavy atom. The van der Waals surface area contributed by atoms with E-state index in [-0.39, 0.29) is 5.92 Å². The van der Waals surface area contributed by atoms with E-state index in [0.29, 0.717) is 21.4 Å². The van der Waals surface area contributed by atoms with E-state index in [1.807, 2.05) is 0 Å². The molecule has 0 saturated carbocycles. The SMILES string of the molecule is Cc1nc(-c2ncccn2)sc1C(=O)N[C@H](C(=O)O)C(C)C. The van der Waals surface area contributed by atoms with Crippen molar-refractivity contribution in [3.05, 3.63) is 29.0 Å². The molecule has 0 bridgehead atoms. The lowest BCUT2D eigenvalue weighted by atomic mass is 10.0. The van der Waals surface area contributed by atoms with Crippen LogP contribution in [0.2, 0.25) is 0 Å². The van der Waals surface area contributed by atoms with Crippen LogP contribution in [0, 0.1) is 12.8 Å². The van der Waals surface area contributed by atoms with E-state index in [4.69, 9.17) is 5.11 Å². The molecule has 8 heteroatoms.